The highest BCUT2D eigenvalue weighted by molar-refractivity contribution is 5.58. The monoisotopic (exact) mass is 175 g/mol. The first kappa shape index (κ1) is 8.61. The molecule has 1 nitrogen and oxygen atoms in total. The minimum absolute atomic E-state index is 0.771. The summed E-state index contributed by atoms with van der Waals surface area (Å²) in [6, 6.07) is 4.42. The van der Waals surface area contributed by atoms with Crippen LogP contribution < -0.4 is 5.32 Å². The van der Waals surface area contributed by atoms with Crippen molar-refractivity contribution in [2.75, 3.05) is 11.9 Å². The normalized spacial score (nSPS) is 20.7. The van der Waals surface area contributed by atoms with Gasteiger partial charge in [-0.25, -0.2) is 0 Å². The summed E-state index contributed by atoms with van der Waals surface area (Å²) >= 11 is 0. The number of hydrogen-bond acceptors (Lipinski definition) is 1. The fraction of sp³-hybridized carbons (Fsp3) is 0.500. The van der Waals surface area contributed by atoms with E-state index < -0.39 is 0 Å². The standard InChI is InChI=1S/C12H17N/c1-8-6-11-10(3)9(2)4-5-12(11)13-7-8/h4-5,8,13H,6-7H2,1-3H3. The molecule has 1 unspecified atom stereocenters. The van der Waals surface area contributed by atoms with Gasteiger partial charge in [0.15, 0.2) is 0 Å². The Hall–Kier alpha value is -0.980. The molecule has 1 heterocycles. The molecule has 0 saturated heterocycles. The van der Waals surface area contributed by atoms with E-state index in [1.165, 1.54) is 28.8 Å². The molecule has 1 N–H and O–H groups in total. The van der Waals surface area contributed by atoms with Crippen LogP contribution in [0.25, 0.3) is 0 Å². The predicted octanol–water partition coefficient (Wildman–Crippen LogP) is 2.91. The Labute approximate surface area is 80.2 Å². The Morgan fingerprint density at radius 2 is 2.08 bits per heavy atom. The van der Waals surface area contributed by atoms with Crippen molar-refractivity contribution in [3.63, 3.8) is 0 Å². The molecule has 0 aromatic heterocycles. The van der Waals surface area contributed by atoms with E-state index in [2.05, 4.69) is 38.2 Å². The van der Waals surface area contributed by atoms with E-state index in [1.807, 2.05) is 0 Å². The molecule has 1 aromatic rings. The summed E-state index contributed by atoms with van der Waals surface area (Å²) in [5, 5.41) is 3.48. The van der Waals surface area contributed by atoms with Crippen molar-refractivity contribution in [2.45, 2.75) is 27.2 Å². The summed E-state index contributed by atoms with van der Waals surface area (Å²) in [5.74, 6) is 0.771. The Morgan fingerprint density at radius 3 is 2.85 bits per heavy atom. The number of anilines is 1. The summed E-state index contributed by atoms with van der Waals surface area (Å²) < 4.78 is 0. The van der Waals surface area contributed by atoms with Crippen LogP contribution in [0.2, 0.25) is 0 Å². The number of aryl methyl sites for hydroxylation is 1. The molecule has 2 rings (SSSR count). The van der Waals surface area contributed by atoms with E-state index >= 15 is 0 Å². The van der Waals surface area contributed by atoms with Crippen molar-refractivity contribution in [2.24, 2.45) is 5.92 Å². The van der Waals surface area contributed by atoms with E-state index in [0.717, 1.165) is 12.5 Å². The van der Waals surface area contributed by atoms with Crippen LogP contribution in [0.3, 0.4) is 0 Å². The summed E-state index contributed by atoms with van der Waals surface area (Å²) in [5.41, 5.74) is 5.76. The van der Waals surface area contributed by atoms with Crippen LogP contribution in [-0.4, -0.2) is 6.54 Å². The van der Waals surface area contributed by atoms with Crippen molar-refractivity contribution < 1.29 is 0 Å². The van der Waals surface area contributed by atoms with E-state index in [0.29, 0.717) is 0 Å². The fourth-order valence-corrected chi connectivity index (χ4v) is 2.01. The van der Waals surface area contributed by atoms with Crippen molar-refractivity contribution in [3.8, 4) is 0 Å². The van der Waals surface area contributed by atoms with Crippen molar-refractivity contribution in [1.82, 2.24) is 0 Å². The molecule has 0 aliphatic carbocycles. The Bertz CT molecular complexity index is 328. The van der Waals surface area contributed by atoms with Gasteiger partial charge in [-0.3, -0.25) is 0 Å². The van der Waals surface area contributed by atoms with Gasteiger partial charge in [0, 0.05) is 12.2 Å². The average molecular weight is 175 g/mol. The zero-order valence-electron chi connectivity index (χ0n) is 8.65. The first-order valence-electron chi connectivity index (χ1n) is 5.01. The molecular weight excluding hydrogens is 158 g/mol. The second-order valence-electron chi connectivity index (χ2n) is 4.22. The van der Waals surface area contributed by atoms with Gasteiger partial charge in [-0.1, -0.05) is 13.0 Å². The number of benzene rings is 1. The zero-order chi connectivity index (χ0) is 9.42. The van der Waals surface area contributed by atoms with Gasteiger partial charge in [-0.2, -0.15) is 0 Å². The molecule has 0 spiro atoms. The lowest BCUT2D eigenvalue weighted by Gasteiger charge is -2.25. The molecule has 1 aromatic carbocycles. The lowest BCUT2D eigenvalue weighted by molar-refractivity contribution is 0.592. The summed E-state index contributed by atoms with van der Waals surface area (Å²) in [6.07, 6.45) is 1.23. The molecule has 0 amide bonds. The topological polar surface area (TPSA) is 12.0 Å². The number of rotatable bonds is 0. The Balaban J connectivity index is 2.48. The van der Waals surface area contributed by atoms with Gasteiger partial charge >= 0.3 is 0 Å². The third-order valence-corrected chi connectivity index (χ3v) is 3.06. The molecule has 0 saturated carbocycles. The summed E-state index contributed by atoms with van der Waals surface area (Å²) in [4.78, 5) is 0. The van der Waals surface area contributed by atoms with Crippen LogP contribution in [-0.2, 0) is 6.42 Å². The van der Waals surface area contributed by atoms with Gasteiger partial charge in [-0.05, 0) is 48.9 Å². The maximum atomic E-state index is 3.48. The van der Waals surface area contributed by atoms with Crippen LogP contribution in [0, 0.1) is 19.8 Å². The van der Waals surface area contributed by atoms with E-state index in [9.17, 15) is 0 Å². The van der Waals surface area contributed by atoms with Crippen LogP contribution in [0.5, 0.6) is 0 Å². The minimum atomic E-state index is 0.771. The number of nitrogens with one attached hydrogen (secondary N) is 1. The van der Waals surface area contributed by atoms with Crippen LogP contribution in [0.1, 0.15) is 23.6 Å². The smallest absolute Gasteiger partial charge is 0.0375 e. The lowest BCUT2D eigenvalue weighted by Crippen LogP contribution is -2.21. The van der Waals surface area contributed by atoms with Crippen molar-refractivity contribution in [1.29, 1.82) is 0 Å². The molecule has 1 atom stereocenters. The molecule has 0 radical (unpaired) electrons. The zero-order valence-corrected chi connectivity index (χ0v) is 8.65. The first-order valence-corrected chi connectivity index (χ1v) is 5.01. The maximum Gasteiger partial charge on any atom is 0.0375 e. The lowest BCUT2D eigenvalue weighted by atomic mass is 9.90. The predicted molar refractivity (Wildman–Crippen MR) is 57.3 cm³/mol. The molecular formula is C12H17N. The molecule has 13 heavy (non-hydrogen) atoms. The Morgan fingerprint density at radius 1 is 1.31 bits per heavy atom. The summed E-state index contributed by atoms with van der Waals surface area (Å²) in [6.45, 7) is 7.84. The van der Waals surface area contributed by atoms with Gasteiger partial charge < -0.3 is 5.32 Å². The van der Waals surface area contributed by atoms with Crippen LogP contribution in [0.15, 0.2) is 12.1 Å². The molecule has 1 aliphatic heterocycles. The fourth-order valence-electron chi connectivity index (χ4n) is 2.01. The highest BCUT2D eigenvalue weighted by Crippen LogP contribution is 2.28. The number of fused-ring (bicyclic) bond motifs is 1. The largest absolute Gasteiger partial charge is 0.385 e. The Kier molecular flexibility index (Phi) is 2.03. The van der Waals surface area contributed by atoms with Gasteiger partial charge in [0.25, 0.3) is 0 Å². The van der Waals surface area contributed by atoms with E-state index in [1.54, 1.807) is 0 Å². The minimum Gasteiger partial charge on any atom is -0.385 e. The second kappa shape index (κ2) is 3.06. The molecule has 70 valence electrons. The van der Waals surface area contributed by atoms with Crippen LogP contribution >= 0.6 is 0 Å². The third kappa shape index (κ3) is 1.43. The highest BCUT2D eigenvalue weighted by atomic mass is 14.9. The number of hydrogen-bond donors (Lipinski definition) is 1. The van der Waals surface area contributed by atoms with E-state index in [-0.39, 0.29) is 0 Å². The van der Waals surface area contributed by atoms with Crippen LogP contribution in [0.4, 0.5) is 5.69 Å². The van der Waals surface area contributed by atoms with Crippen molar-refractivity contribution >= 4 is 5.69 Å². The van der Waals surface area contributed by atoms with Crippen molar-refractivity contribution in [3.05, 3.63) is 28.8 Å². The molecule has 0 fully saturated rings. The average Bonchev–Trinajstić information content (AvgIpc) is 2.12. The molecule has 1 aliphatic rings. The second-order valence-corrected chi connectivity index (χ2v) is 4.22. The summed E-state index contributed by atoms with van der Waals surface area (Å²) in [7, 11) is 0. The quantitative estimate of drug-likeness (QED) is 0.639. The van der Waals surface area contributed by atoms with Gasteiger partial charge in [0.2, 0.25) is 0 Å². The third-order valence-electron chi connectivity index (χ3n) is 3.06. The van der Waals surface area contributed by atoms with Gasteiger partial charge in [-0.15, -0.1) is 0 Å². The highest BCUT2D eigenvalue weighted by Gasteiger charge is 2.16. The maximum absolute atomic E-state index is 3.48. The van der Waals surface area contributed by atoms with Gasteiger partial charge in [0.05, 0.1) is 0 Å². The first-order chi connectivity index (χ1) is 6.18. The van der Waals surface area contributed by atoms with Gasteiger partial charge in [0.1, 0.15) is 0 Å². The SMILES string of the molecule is Cc1ccc2c(c1C)CC(C)CN2. The molecule has 0 bridgehead atoms. The molecule has 1 heteroatoms. The van der Waals surface area contributed by atoms with E-state index in [4.69, 9.17) is 0 Å².